The fraction of sp³-hybridized carbons (Fsp3) is 0.250. The molecule has 0 saturated carbocycles. The Morgan fingerprint density at radius 2 is 2.15 bits per heavy atom. The molecule has 0 unspecified atom stereocenters. The van der Waals surface area contributed by atoms with Crippen molar-refractivity contribution in [3.05, 3.63) is 50.2 Å². The summed E-state index contributed by atoms with van der Waals surface area (Å²) in [5, 5.41) is 12.0. The Morgan fingerprint density at radius 1 is 1.45 bits per heavy atom. The van der Waals surface area contributed by atoms with E-state index in [0.717, 1.165) is 5.56 Å². The number of nitro groups is 1. The van der Waals surface area contributed by atoms with Gasteiger partial charge in [-0.1, -0.05) is 29.3 Å². The molecule has 2 aromatic rings. The van der Waals surface area contributed by atoms with Crippen LogP contribution in [0.3, 0.4) is 0 Å². The van der Waals surface area contributed by atoms with Gasteiger partial charge >= 0.3 is 5.82 Å². The molecule has 1 aromatic carbocycles. The van der Waals surface area contributed by atoms with Crippen LogP contribution in [0.1, 0.15) is 5.56 Å². The van der Waals surface area contributed by atoms with E-state index in [1.54, 1.807) is 41.8 Å². The van der Waals surface area contributed by atoms with Gasteiger partial charge in [-0.05, 0) is 27.6 Å². The lowest BCUT2D eigenvalue weighted by Crippen LogP contribution is -2.20. The summed E-state index contributed by atoms with van der Waals surface area (Å²) in [4.78, 5) is 16.0. The van der Waals surface area contributed by atoms with E-state index in [9.17, 15) is 10.1 Å². The molecular weight excluding hydrogens is 303 g/mol. The second-order valence-corrected chi connectivity index (χ2v) is 5.20. The third kappa shape index (κ3) is 2.86. The lowest BCUT2D eigenvalue weighted by molar-refractivity contribution is -0.388. The van der Waals surface area contributed by atoms with E-state index < -0.39 is 4.92 Å². The van der Waals surface area contributed by atoms with Gasteiger partial charge < -0.3 is 15.0 Å². The van der Waals surface area contributed by atoms with Gasteiger partial charge in [0.2, 0.25) is 12.1 Å². The lowest BCUT2D eigenvalue weighted by atomic mass is 10.2. The average molecular weight is 315 g/mol. The van der Waals surface area contributed by atoms with Crippen LogP contribution in [0.15, 0.2) is 24.5 Å². The van der Waals surface area contributed by atoms with Crippen molar-refractivity contribution in [3.63, 3.8) is 0 Å². The maximum atomic E-state index is 11.0. The molecule has 0 saturated heterocycles. The smallest absolute Gasteiger partial charge is 0.358 e. The van der Waals surface area contributed by atoms with Crippen LogP contribution >= 0.6 is 23.2 Å². The maximum absolute atomic E-state index is 11.0. The summed E-state index contributed by atoms with van der Waals surface area (Å²) >= 11 is 12.0. The minimum atomic E-state index is -0.505. The monoisotopic (exact) mass is 314 g/mol. The molecule has 0 N–H and O–H groups in total. The van der Waals surface area contributed by atoms with Gasteiger partial charge in [0.1, 0.15) is 0 Å². The zero-order valence-electron chi connectivity index (χ0n) is 10.9. The average Bonchev–Trinajstić information content (AvgIpc) is 2.75. The fourth-order valence-electron chi connectivity index (χ4n) is 1.96. The van der Waals surface area contributed by atoms with E-state index in [2.05, 4.69) is 4.98 Å². The van der Waals surface area contributed by atoms with Crippen LogP contribution in [0.25, 0.3) is 0 Å². The van der Waals surface area contributed by atoms with Crippen LogP contribution in [0.5, 0.6) is 0 Å². The molecule has 0 aliphatic rings. The van der Waals surface area contributed by atoms with Crippen molar-refractivity contribution >= 4 is 34.8 Å². The molecule has 0 amide bonds. The van der Waals surface area contributed by atoms with Crippen molar-refractivity contribution in [1.29, 1.82) is 0 Å². The number of halogens is 2. The van der Waals surface area contributed by atoms with Crippen LogP contribution < -0.4 is 4.90 Å². The molecule has 20 heavy (non-hydrogen) atoms. The van der Waals surface area contributed by atoms with Crippen LogP contribution in [-0.2, 0) is 13.6 Å². The second-order valence-electron chi connectivity index (χ2n) is 4.35. The molecule has 8 heteroatoms. The Bertz CT molecular complexity index is 657. The summed E-state index contributed by atoms with van der Waals surface area (Å²) in [6.45, 7) is 0.413. The van der Waals surface area contributed by atoms with Gasteiger partial charge in [0.25, 0.3) is 0 Å². The first-order chi connectivity index (χ1) is 9.40. The zero-order valence-corrected chi connectivity index (χ0v) is 12.4. The minimum absolute atomic E-state index is 0.180. The van der Waals surface area contributed by atoms with Gasteiger partial charge in [0.15, 0.2) is 0 Å². The van der Waals surface area contributed by atoms with Crippen molar-refractivity contribution < 1.29 is 4.92 Å². The molecule has 0 spiro atoms. The number of benzene rings is 1. The lowest BCUT2D eigenvalue weighted by Gasteiger charge is -2.19. The van der Waals surface area contributed by atoms with Crippen molar-refractivity contribution in [2.24, 2.45) is 7.05 Å². The largest absolute Gasteiger partial charge is 0.406 e. The number of nitrogens with zero attached hydrogens (tertiary/aromatic N) is 4. The summed E-state index contributed by atoms with van der Waals surface area (Å²) in [6.07, 6.45) is 1.41. The summed E-state index contributed by atoms with van der Waals surface area (Å²) in [6, 6.07) is 5.17. The summed E-state index contributed by atoms with van der Waals surface area (Å²) < 4.78 is 1.60. The molecule has 1 heterocycles. The van der Waals surface area contributed by atoms with Crippen molar-refractivity contribution in [3.8, 4) is 0 Å². The van der Waals surface area contributed by atoms with E-state index in [1.165, 1.54) is 6.33 Å². The SMILES string of the molecule is CN(Cc1ccc(Cl)cc1Cl)c1c([N+](=O)[O-])ncn1C. The molecule has 106 valence electrons. The number of aromatic nitrogens is 2. The number of imidazole rings is 1. The van der Waals surface area contributed by atoms with Gasteiger partial charge in [-0.3, -0.25) is 4.57 Å². The number of rotatable bonds is 4. The first kappa shape index (κ1) is 14.6. The van der Waals surface area contributed by atoms with Crippen LogP contribution in [0.2, 0.25) is 10.0 Å². The van der Waals surface area contributed by atoms with Crippen LogP contribution in [-0.4, -0.2) is 21.5 Å². The van der Waals surface area contributed by atoms with Crippen molar-refractivity contribution in [2.45, 2.75) is 6.54 Å². The quantitative estimate of drug-likeness (QED) is 0.641. The molecule has 2 rings (SSSR count). The maximum Gasteiger partial charge on any atom is 0.406 e. The first-order valence-electron chi connectivity index (χ1n) is 5.71. The Morgan fingerprint density at radius 3 is 2.75 bits per heavy atom. The van der Waals surface area contributed by atoms with Crippen molar-refractivity contribution in [1.82, 2.24) is 9.55 Å². The third-order valence-electron chi connectivity index (χ3n) is 2.84. The summed E-state index contributed by atoms with van der Waals surface area (Å²) in [5.41, 5.74) is 0.828. The molecule has 0 fully saturated rings. The second kappa shape index (κ2) is 5.68. The van der Waals surface area contributed by atoms with E-state index >= 15 is 0 Å². The van der Waals surface area contributed by atoms with E-state index in [4.69, 9.17) is 23.2 Å². The Kier molecular flexibility index (Phi) is 4.15. The Balaban J connectivity index is 2.30. The van der Waals surface area contributed by atoms with Gasteiger partial charge in [-0.25, -0.2) is 0 Å². The number of aryl methyl sites for hydroxylation is 1. The Hall–Kier alpha value is -1.79. The molecule has 0 aliphatic heterocycles. The van der Waals surface area contributed by atoms with Crippen LogP contribution in [0, 0.1) is 10.1 Å². The molecular formula is C12H12Cl2N4O2. The molecule has 0 aliphatic carbocycles. The van der Waals surface area contributed by atoms with Gasteiger partial charge in [-0.2, -0.15) is 0 Å². The zero-order chi connectivity index (χ0) is 14.9. The highest BCUT2D eigenvalue weighted by molar-refractivity contribution is 6.35. The highest BCUT2D eigenvalue weighted by Gasteiger charge is 2.23. The predicted octanol–water partition coefficient (Wildman–Crippen LogP) is 3.27. The molecule has 0 radical (unpaired) electrons. The first-order valence-corrected chi connectivity index (χ1v) is 6.46. The van der Waals surface area contributed by atoms with Crippen molar-refractivity contribution in [2.75, 3.05) is 11.9 Å². The highest BCUT2D eigenvalue weighted by atomic mass is 35.5. The van der Waals surface area contributed by atoms with Gasteiger partial charge in [-0.15, -0.1) is 0 Å². The van der Waals surface area contributed by atoms with Crippen LogP contribution in [0.4, 0.5) is 11.6 Å². The van der Waals surface area contributed by atoms with E-state index in [-0.39, 0.29) is 5.82 Å². The number of anilines is 1. The summed E-state index contributed by atoms with van der Waals surface area (Å²) in [7, 11) is 3.45. The molecule has 0 atom stereocenters. The number of hydrogen-bond acceptors (Lipinski definition) is 4. The van der Waals surface area contributed by atoms with E-state index in [0.29, 0.717) is 22.4 Å². The third-order valence-corrected chi connectivity index (χ3v) is 3.43. The standard InChI is InChI=1S/C12H12Cl2N4O2/c1-16(6-8-3-4-9(13)5-10(8)14)12-11(18(19)20)15-7-17(12)2/h3-5,7H,6H2,1-2H3. The van der Waals surface area contributed by atoms with Gasteiger partial charge in [0.05, 0.1) is 0 Å². The Labute approximate surface area is 125 Å². The molecule has 1 aromatic heterocycles. The predicted molar refractivity (Wildman–Crippen MR) is 78.4 cm³/mol. The van der Waals surface area contributed by atoms with E-state index in [1.807, 2.05) is 0 Å². The highest BCUT2D eigenvalue weighted by Crippen LogP contribution is 2.28. The number of hydrogen-bond donors (Lipinski definition) is 0. The normalized spacial score (nSPS) is 10.6. The fourth-order valence-corrected chi connectivity index (χ4v) is 2.43. The molecule has 0 bridgehead atoms. The minimum Gasteiger partial charge on any atom is -0.358 e. The topological polar surface area (TPSA) is 64.2 Å². The summed E-state index contributed by atoms with van der Waals surface area (Å²) in [5.74, 6) is 0.237. The van der Waals surface area contributed by atoms with Gasteiger partial charge in [0, 0.05) is 30.7 Å². The molecule has 6 nitrogen and oxygen atoms in total.